The lowest BCUT2D eigenvalue weighted by atomic mass is 9.97. The predicted molar refractivity (Wildman–Crippen MR) is 95.0 cm³/mol. The van der Waals surface area contributed by atoms with E-state index < -0.39 is 23.8 Å². The summed E-state index contributed by atoms with van der Waals surface area (Å²) < 4.78 is 21.0. The topological polar surface area (TPSA) is 74.3 Å². The van der Waals surface area contributed by atoms with Crippen LogP contribution in [0.2, 0.25) is 0 Å². The van der Waals surface area contributed by atoms with E-state index in [9.17, 15) is 9.59 Å². The summed E-state index contributed by atoms with van der Waals surface area (Å²) in [5.41, 5.74) is 0.368. The third kappa shape index (κ3) is 5.03. The number of rotatable bonds is 5. The van der Waals surface area contributed by atoms with Crippen molar-refractivity contribution in [3.8, 4) is 11.5 Å². The maximum absolute atomic E-state index is 12.3. The Balaban J connectivity index is 1.87. The van der Waals surface area contributed by atoms with Gasteiger partial charge in [-0.3, -0.25) is 4.79 Å². The standard InChI is InChI=1S/C19H27NO6/c1-12(9-14-7-8-15-16(10-14)24-11-23-15)20(6)18(22)26-13(2)25-17(21)19(3,4)5/h7-8,10,12-13H,9,11H2,1-6H3/t12-,13?/m1/s1. The molecule has 1 amide bonds. The monoisotopic (exact) mass is 365 g/mol. The molecule has 0 fully saturated rings. The van der Waals surface area contributed by atoms with E-state index in [1.807, 2.05) is 25.1 Å². The van der Waals surface area contributed by atoms with Crippen LogP contribution in [-0.2, 0) is 20.7 Å². The maximum Gasteiger partial charge on any atom is 0.412 e. The average molecular weight is 365 g/mol. The Hall–Kier alpha value is -2.44. The van der Waals surface area contributed by atoms with E-state index in [4.69, 9.17) is 18.9 Å². The minimum absolute atomic E-state index is 0.117. The van der Waals surface area contributed by atoms with Gasteiger partial charge in [0, 0.05) is 20.0 Å². The Bertz CT molecular complexity index is 666. The van der Waals surface area contributed by atoms with E-state index in [0.717, 1.165) is 11.3 Å². The summed E-state index contributed by atoms with van der Waals surface area (Å²) in [5.74, 6) is 1.01. The second-order valence-electron chi connectivity index (χ2n) is 7.46. The molecule has 2 rings (SSSR count). The maximum atomic E-state index is 12.3. The van der Waals surface area contributed by atoms with Gasteiger partial charge in [-0.2, -0.15) is 0 Å². The van der Waals surface area contributed by atoms with Gasteiger partial charge in [-0.1, -0.05) is 6.07 Å². The molecule has 1 aromatic carbocycles. The molecule has 1 aliphatic rings. The molecule has 1 heterocycles. The molecule has 1 unspecified atom stereocenters. The zero-order chi connectivity index (χ0) is 19.5. The Kier molecular flexibility index (Phi) is 6.00. The number of likely N-dealkylation sites (N-methyl/N-ethyl adjacent to an activating group) is 1. The molecule has 0 aliphatic carbocycles. The number of carbonyl (C=O) groups excluding carboxylic acids is 2. The van der Waals surface area contributed by atoms with Crippen LogP contribution in [0.25, 0.3) is 0 Å². The Morgan fingerprint density at radius 1 is 1.15 bits per heavy atom. The lowest BCUT2D eigenvalue weighted by Crippen LogP contribution is -2.39. The molecular formula is C19H27NO6. The van der Waals surface area contributed by atoms with Gasteiger partial charge in [0.25, 0.3) is 0 Å². The summed E-state index contributed by atoms with van der Waals surface area (Å²) in [6, 6.07) is 5.59. The average Bonchev–Trinajstić information content (AvgIpc) is 3.00. The highest BCUT2D eigenvalue weighted by atomic mass is 16.7. The molecule has 2 atom stereocenters. The van der Waals surface area contributed by atoms with Crippen molar-refractivity contribution < 1.29 is 28.5 Å². The van der Waals surface area contributed by atoms with Crippen molar-refractivity contribution in [2.45, 2.75) is 53.4 Å². The van der Waals surface area contributed by atoms with Crippen molar-refractivity contribution in [3.63, 3.8) is 0 Å². The molecular weight excluding hydrogens is 338 g/mol. The molecule has 26 heavy (non-hydrogen) atoms. The highest BCUT2D eigenvalue weighted by molar-refractivity contribution is 5.75. The molecule has 0 N–H and O–H groups in total. The molecule has 7 nitrogen and oxygen atoms in total. The second-order valence-corrected chi connectivity index (χ2v) is 7.46. The summed E-state index contributed by atoms with van der Waals surface area (Å²) in [5, 5.41) is 0. The molecule has 0 spiro atoms. The van der Waals surface area contributed by atoms with Crippen LogP contribution in [0.15, 0.2) is 18.2 Å². The molecule has 7 heteroatoms. The van der Waals surface area contributed by atoms with Gasteiger partial charge < -0.3 is 23.8 Å². The summed E-state index contributed by atoms with van der Waals surface area (Å²) in [6.45, 7) is 8.89. The fourth-order valence-electron chi connectivity index (χ4n) is 2.30. The number of ether oxygens (including phenoxy) is 4. The summed E-state index contributed by atoms with van der Waals surface area (Å²) in [6.07, 6.45) is -0.875. The first-order valence-corrected chi connectivity index (χ1v) is 8.61. The molecule has 0 saturated heterocycles. The number of nitrogens with zero attached hydrogens (tertiary/aromatic N) is 1. The van der Waals surface area contributed by atoms with Gasteiger partial charge in [0.1, 0.15) is 0 Å². The molecule has 0 saturated carbocycles. The van der Waals surface area contributed by atoms with Gasteiger partial charge in [0.2, 0.25) is 13.1 Å². The van der Waals surface area contributed by atoms with Gasteiger partial charge in [0.05, 0.1) is 5.41 Å². The van der Waals surface area contributed by atoms with Crippen molar-refractivity contribution in [1.29, 1.82) is 0 Å². The molecule has 0 radical (unpaired) electrons. The van der Waals surface area contributed by atoms with E-state index in [0.29, 0.717) is 12.2 Å². The van der Waals surface area contributed by atoms with E-state index in [1.54, 1.807) is 27.8 Å². The fourth-order valence-corrected chi connectivity index (χ4v) is 2.30. The van der Waals surface area contributed by atoms with Crippen molar-refractivity contribution >= 4 is 12.1 Å². The minimum Gasteiger partial charge on any atom is -0.454 e. The Morgan fingerprint density at radius 3 is 2.46 bits per heavy atom. The smallest absolute Gasteiger partial charge is 0.412 e. The van der Waals surface area contributed by atoms with Gasteiger partial charge in [-0.25, -0.2) is 4.79 Å². The first kappa shape index (κ1) is 19.9. The third-order valence-corrected chi connectivity index (χ3v) is 4.07. The summed E-state index contributed by atoms with van der Waals surface area (Å²) in [7, 11) is 1.65. The molecule has 1 aromatic rings. The number of amides is 1. The SMILES string of the molecule is CC(OC(=O)N(C)[C@H](C)Cc1ccc2c(c1)OCO2)OC(=O)C(C)(C)C. The zero-order valence-electron chi connectivity index (χ0n) is 16.2. The van der Waals surface area contributed by atoms with Crippen molar-refractivity contribution in [2.75, 3.05) is 13.8 Å². The molecule has 0 bridgehead atoms. The number of carbonyl (C=O) groups is 2. The minimum atomic E-state index is -0.950. The van der Waals surface area contributed by atoms with Crippen LogP contribution in [0.3, 0.4) is 0 Å². The summed E-state index contributed by atoms with van der Waals surface area (Å²) >= 11 is 0. The van der Waals surface area contributed by atoms with Crippen LogP contribution in [0.1, 0.15) is 40.2 Å². The van der Waals surface area contributed by atoms with Crippen LogP contribution in [0.5, 0.6) is 11.5 Å². The zero-order valence-corrected chi connectivity index (χ0v) is 16.2. The first-order valence-electron chi connectivity index (χ1n) is 8.61. The van der Waals surface area contributed by atoms with Crippen molar-refractivity contribution in [2.24, 2.45) is 5.41 Å². The van der Waals surface area contributed by atoms with Crippen LogP contribution in [0, 0.1) is 5.41 Å². The molecule has 0 aromatic heterocycles. The second kappa shape index (κ2) is 7.85. The lowest BCUT2D eigenvalue weighted by molar-refractivity contribution is -0.175. The summed E-state index contributed by atoms with van der Waals surface area (Å²) in [4.78, 5) is 25.6. The van der Waals surface area contributed by atoms with Gasteiger partial charge in [-0.15, -0.1) is 0 Å². The third-order valence-electron chi connectivity index (χ3n) is 4.07. The van der Waals surface area contributed by atoms with Crippen LogP contribution >= 0.6 is 0 Å². The largest absolute Gasteiger partial charge is 0.454 e. The first-order chi connectivity index (χ1) is 12.1. The number of esters is 1. The van der Waals surface area contributed by atoms with E-state index in [1.165, 1.54) is 11.8 Å². The Labute approximate surface area is 154 Å². The van der Waals surface area contributed by atoms with Crippen LogP contribution in [-0.4, -0.2) is 43.1 Å². The Morgan fingerprint density at radius 2 is 1.81 bits per heavy atom. The molecule has 144 valence electrons. The van der Waals surface area contributed by atoms with Gasteiger partial charge >= 0.3 is 12.1 Å². The predicted octanol–water partition coefficient (Wildman–Crippen LogP) is 3.35. The van der Waals surface area contributed by atoms with E-state index in [-0.39, 0.29) is 12.8 Å². The van der Waals surface area contributed by atoms with Crippen molar-refractivity contribution in [1.82, 2.24) is 4.90 Å². The number of hydrogen-bond donors (Lipinski definition) is 0. The highest BCUT2D eigenvalue weighted by Crippen LogP contribution is 2.33. The number of benzene rings is 1. The quantitative estimate of drug-likeness (QED) is 0.588. The van der Waals surface area contributed by atoms with E-state index in [2.05, 4.69) is 0 Å². The fraction of sp³-hybridized carbons (Fsp3) is 0.579. The van der Waals surface area contributed by atoms with Crippen LogP contribution in [0.4, 0.5) is 4.79 Å². The van der Waals surface area contributed by atoms with Gasteiger partial charge in [-0.05, 0) is 51.8 Å². The van der Waals surface area contributed by atoms with E-state index >= 15 is 0 Å². The van der Waals surface area contributed by atoms with Gasteiger partial charge in [0.15, 0.2) is 11.5 Å². The highest BCUT2D eigenvalue weighted by Gasteiger charge is 2.27. The van der Waals surface area contributed by atoms with Crippen molar-refractivity contribution in [3.05, 3.63) is 23.8 Å². The molecule has 1 aliphatic heterocycles. The number of fused-ring (bicyclic) bond motifs is 1. The lowest BCUT2D eigenvalue weighted by Gasteiger charge is -2.27. The normalized spacial score (nSPS) is 15.2. The van der Waals surface area contributed by atoms with Crippen LogP contribution < -0.4 is 9.47 Å². The number of hydrogen-bond acceptors (Lipinski definition) is 6.